The highest BCUT2D eigenvalue weighted by Gasteiger charge is 2.25. The van der Waals surface area contributed by atoms with Gasteiger partial charge in [0, 0.05) is 35.2 Å². The van der Waals surface area contributed by atoms with Gasteiger partial charge >= 0.3 is 0 Å². The van der Waals surface area contributed by atoms with Gasteiger partial charge in [-0.25, -0.2) is 0 Å². The second-order valence-corrected chi connectivity index (χ2v) is 8.46. The lowest BCUT2D eigenvalue weighted by atomic mass is 9.97. The van der Waals surface area contributed by atoms with Gasteiger partial charge in [0.1, 0.15) is 0 Å². The minimum atomic E-state index is 0.469. The van der Waals surface area contributed by atoms with Gasteiger partial charge in [-0.05, 0) is 37.6 Å². The normalized spacial score (nSPS) is 25.8. The first-order valence-corrected chi connectivity index (χ1v) is 8.82. The van der Waals surface area contributed by atoms with Crippen LogP contribution in [0.15, 0.2) is 24.3 Å². The molecule has 2 aliphatic heterocycles. The molecule has 2 heterocycles. The van der Waals surface area contributed by atoms with Gasteiger partial charge in [-0.3, -0.25) is 0 Å². The number of anilines is 1. The maximum atomic E-state index is 3.54. The lowest BCUT2D eigenvalue weighted by Crippen LogP contribution is -2.29. The molecule has 110 valence electrons. The molecule has 0 radical (unpaired) electrons. The van der Waals surface area contributed by atoms with E-state index in [9.17, 15) is 0 Å². The van der Waals surface area contributed by atoms with Crippen LogP contribution < -0.4 is 5.32 Å². The average Bonchev–Trinajstić information content (AvgIpc) is 2.76. The predicted molar refractivity (Wildman–Crippen MR) is 89.9 cm³/mol. The molecule has 3 heteroatoms. The van der Waals surface area contributed by atoms with Crippen molar-refractivity contribution < 1.29 is 0 Å². The van der Waals surface area contributed by atoms with E-state index in [-0.39, 0.29) is 0 Å². The molecule has 0 aliphatic carbocycles. The first-order chi connectivity index (χ1) is 9.64. The van der Waals surface area contributed by atoms with Crippen molar-refractivity contribution in [2.24, 2.45) is 0 Å². The molecule has 2 aliphatic rings. The Morgan fingerprint density at radius 2 is 2.15 bits per heavy atom. The largest absolute Gasteiger partial charge is 0.384 e. The van der Waals surface area contributed by atoms with Crippen LogP contribution in [-0.2, 0) is 0 Å². The molecule has 1 N–H and O–H groups in total. The van der Waals surface area contributed by atoms with Crippen LogP contribution in [0, 0.1) is 0 Å². The molecule has 0 amide bonds. The van der Waals surface area contributed by atoms with Gasteiger partial charge in [0.15, 0.2) is 0 Å². The Labute approximate surface area is 127 Å². The molecule has 1 atom stereocenters. The van der Waals surface area contributed by atoms with Crippen LogP contribution >= 0.6 is 11.8 Å². The molecule has 1 aromatic carbocycles. The van der Waals surface area contributed by atoms with Gasteiger partial charge in [0.05, 0.1) is 0 Å². The van der Waals surface area contributed by atoms with Crippen LogP contribution in [0.5, 0.6) is 0 Å². The van der Waals surface area contributed by atoms with E-state index < -0.39 is 0 Å². The molecular formula is C17H26N2S. The Hall–Kier alpha value is -0.670. The molecular weight excluding hydrogens is 264 g/mol. The van der Waals surface area contributed by atoms with Gasteiger partial charge in [0.2, 0.25) is 0 Å². The standard InChI is InChI=1S/C17H26N2S/c1-17(2)8-10-19(11-12-20-17)9-7-14-13-18-16-6-4-3-5-15(14)16/h3-6,14,18H,7-13H2,1-2H3. The number of rotatable bonds is 3. The first-order valence-electron chi connectivity index (χ1n) is 7.83. The van der Waals surface area contributed by atoms with Crippen molar-refractivity contribution >= 4 is 17.4 Å². The lowest BCUT2D eigenvalue weighted by molar-refractivity contribution is 0.274. The average molecular weight is 290 g/mol. The number of benzene rings is 1. The van der Waals surface area contributed by atoms with Crippen LogP contribution in [0.4, 0.5) is 5.69 Å². The van der Waals surface area contributed by atoms with Crippen LogP contribution in [0.3, 0.4) is 0 Å². The molecule has 0 aromatic heterocycles. The maximum Gasteiger partial charge on any atom is 0.0376 e. The summed E-state index contributed by atoms with van der Waals surface area (Å²) in [6.45, 7) is 9.67. The monoisotopic (exact) mass is 290 g/mol. The molecule has 1 fully saturated rings. The van der Waals surface area contributed by atoms with E-state index in [0.717, 1.165) is 6.54 Å². The summed E-state index contributed by atoms with van der Waals surface area (Å²) < 4.78 is 0.469. The number of para-hydroxylation sites is 1. The number of nitrogens with one attached hydrogen (secondary N) is 1. The molecule has 2 nitrogen and oxygen atoms in total. The topological polar surface area (TPSA) is 15.3 Å². The minimum Gasteiger partial charge on any atom is -0.384 e. The van der Waals surface area contributed by atoms with Crippen molar-refractivity contribution in [3.63, 3.8) is 0 Å². The van der Waals surface area contributed by atoms with Crippen molar-refractivity contribution in [1.29, 1.82) is 0 Å². The van der Waals surface area contributed by atoms with E-state index in [1.807, 2.05) is 0 Å². The van der Waals surface area contributed by atoms with E-state index in [1.165, 1.54) is 49.5 Å². The molecule has 1 aromatic rings. The zero-order valence-corrected chi connectivity index (χ0v) is 13.5. The third kappa shape index (κ3) is 3.32. The molecule has 0 saturated carbocycles. The highest BCUT2D eigenvalue weighted by molar-refractivity contribution is 8.00. The SMILES string of the molecule is CC1(C)CCN(CCC2CNc3ccccc32)CCS1. The number of fused-ring (bicyclic) bond motifs is 1. The molecule has 1 saturated heterocycles. The fraction of sp³-hybridized carbons (Fsp3) is 0.647. The molecule has 0 bridgehead atoms. The maximum absolute atomic E-state index is 3.54. The molecule has 20 heavy (non-hydrogen) atoms. The Morgan fingerprint density at radius 1 is 1.30 bits per heavy atom. The van der Waals surface area contributed by atoms with Gasteiger partial charge in [-0.1, -0.05) is 32.0 Å². The first kappa shape index (κ1) is 14.3. The quantitative estimate of drug-likeness (QED) is 0.911. The summed E-state index contributed by atoms with van der Waals surface area (Å²) in [5.74, 6) is 1.99. The number of hydrogen-bond acceptors (Lipinski definition) is 3. The van der Waals surface area contributed by atoms with Gasteiger partial charge in [-0.2, -0.15) is 11.8 Å². The molecule has 3 rings (SSSR count). The minimum absolute atomic E-state index is 0.469. The summed E-state index contributed by atoms with van der Waals surface area (Å²) in [4.78, 5) is 2.67. The highest BCUT2D eigenvalue weighted by atomic mass is 32.2. The van der Waals surface area contributed by atoms with Gasteiger partial charge < -0.3 is 10.2 Å². The van der Waals surface area contributed by atoms with E-state index in [2.05, 4.69) is 60.1 Å². The fourth-order valence-corrected chi connectivity index (χ4v) is 4.38. The van der Waals surface area contributed by atoms with Crippen LogP contribution in [0.25, 0.3) is 0 Å². The van der Waals surface area contributed by atoms with Crippen molar-refractivity contribution in [3.05, 3.63) is 29.8 Å². The fourth-order valence-electron chi connectivity index (χ4n) is 3.24. The lowest BCUT2D eigenvalue weighted by Gasteiger charge is -2.23. The number of hydrogen-bond donors (Lipinski definition) is 1. The van der Waals surface area contributed by atoms with E-state index in [0.29, 0.717) is 10.7 Å². The van der Waals surface area contributed by atoms with Crippen LogP contribution in [0.2, 0.25) is 0 Å². The van der Waals surface area contributed by atoms with Crippen molar-refractivity contribution in [1.82, 2.24) is 4.90 Å². The summed E-state index contributed by atoms with van der Waals surface area (Å²) in [6.07, 6.45) is 2.60. The zero-order chi connectivity index (χ0) is 14.0. The van der Waals surface area contributed by atoms with Crippen LogP contribution in [-0.4, -0.2) is 41.6 Å². The van der Waals surface area contributed by atoms with Gasteiger partial charge in [-0.15, -0.1) is 0 Å². The third-order valence-electron chi connectivity index (χ3n) is 4.66. The summed E-state index contributed by atoms with van der Waals surface area (Å²) in [7, 11) is 0. The van der Waals surface area contributed by atoms with E-state index in [1.54, 1.807) is 0 Å². The summed E-state index contributed by atoms with van der Waals surface area (Å²) in [5, 5.41) is 3.54. The summed E-state index contributed by atoms with van der Waals surface area (Å²) in [6, 6.07) is 8.80. The Bertz CT molecular complexity index is 458. The molecule has 0 spiro atoms. The smallest absolute Gasteiger partial charge is 0.0376 e. The van der Waals surface area contributed by atoms with Crippen LogP contribution in [0.1, 0.15) is 38.2 Å². The Morgan fingerprint density at radius 3 is 3.05 bits per heavy atom. The zero-order valence-electron chi connectivity index (χ0n) is 12.7. The van der Waals surface area contributed by atoms with Gasteiger partial charge in [0.25, 0.3) is 0 Å². The summed E-state index contributed by atoms with van der Waals surface area (Å²) >= 11 is 2.14. The second kappa shape index (κ2) is 5.98. The summed E-state index contributed by atoms with van der Waals surface area (Å²) in [5.41, 5.74) is 2.88. The highest BCUT2D eigenvalue weighted by Crippen LogP contribution is 2.34. The third-order valence-corrected chi connectivity index (χ3v) is 6.04. The Kier molecular flexibility index (Phi) is 4.27. The predicted octanol–water partition coefficient (Wildman–Crippen LogP) is 3.80. The van der Waals surface area contributed by atoms with E-state index >= 15 is 0 Å². The van der Waals surface area contributed by atoms with E-state index in [4.69, 9.17) is 0 Å². The van der Waals surface area contributed by atoms with Crippen molar-refractivity contribution in [2.45, 2.75) is 37.4 Å². The second-order valence-electron chi connectivity index (χ2n) is 6.65. The Balaban J connectivity index is 1.53. The molecule has 1 unspecified atom stereocenters. The van der Waals surface area contributed by atoms with Crippen molar-refractivity contribution in [3.8, 4) is 0 Å². The van der Waals surface area contributed by atoms with Crippen molar-refractivity contribution in [2.75, 3.05) is 37.2 Å². The number of thioether (sulfide) groups is 1. The number of nitrogens with zero attached hydrogens (tertiary/aromatic N) is 1.